The molecule has 25 heavy (non-hydrogen) atoms. The molecule has 0 aliphatic carbocycles. The van der Waals surface area contributed by atoms with E-state index in [2.05, 4.69) is 15.3 Å². The number of carbonyl (C=O) groups excluding carboxylic acids is 1. The van der Waals surface area contributed by atoms with E-state index in [4.69, 9.17) is 0 Å². The molecule has 4 aromatic rings. The van der Waals surface area contributed by atoms with Crippen LogP contribution >= 0.6 is 11.3 Å². The van der Waals surface area contributed by atoms with Crippen LogP contribution in [-0.4, -0.2) is 37.8 Å². The fourth-order valence-corrected chi connectivity index (χ4v) is 3.55. The Balaban J connectivity index is 1.51. The maximum absolute atomic E-state index is 12.6. The van der Waals surface area contributed by atoms with Crippen LogP contribution in [0.5, 0.6) is 0 Å². The van der Waals surface area contributed by atoms with Gasteiger partial charge in [-0.15, -0.1) is 16.4 Å². The maximum atomic E-state index is 12.6. The van der Waals surface area contributed by atoms with Crippen LogP contribution in [0.1, 0.15) is 15.5 Å². The first-order valence-corrected chi connectivity index (χ1v) is 8.60. The number of carbonyl (C=O) groups is 1. The van der Waals surface area contributed by atoms with Crippen molar-refractivity contribution in [2.24, 2.45) is 0 Å². The number of hydrogen-bond acceptors (Lipinski definition) is 5. The third-order valence-corrected chi connectivity index (χ3v) is 4.81. The Hall–Kier alpha value is -3.06. The smallest absolute Gasteiger partial charge is 0.276 e. The van der Waals surface area contributed by atoms with Crippen molar-refractivity contribution in [3.05, 3.63) is 71.5 Å². The number of nitrogens with zero attached hydrogens (tertiary/aromatic N) is 5. The molecule has 6 nitrogen and oxygen atoms in total. The molecular weight excluding hydrogens is 334 g/mol. The lowest BCUT2D eigenvalue weighted by molar-refractivity contribution is 0.0779. The summed E-state index contributed by atoms with van der Waals surface area (Å²) < 4.78 is 2.71. The van der Waals surface area contributed by atoms with E-state index < -0.39 is 0 Å². The zero-order valence-corrected chi connectivity index (χ0v) is 14.3. The van der Waals surface area contributed by atoms with Crippen LogP contribution in [0.3, 0.4) is 0 Å². The van der Waals surface area contributed by atoms with Crippen LogP contribution in [0.25, 0.3) is 15.9 Å². The highest BCUT2D eigenvalue weighted by atomic mass is 32.1. The normalized spacial score (nSPS) is 10.9. The van der Waals surface area contributed by atoms with E-state index in [9.17, 15) is 4.79 Å². The second-order valence-corrected chi connectivity index (χ2v) is 6.74. The van der Waals surface area contributed by atoms with Gasteiger partial charge in [0.15, 0.2) is 5.69 Å². The Morgan fingerprint density at radius 3 is 2.68 bits per heavy atom. The quantitative estimate of drug-likeness (QED) is 0.568. The van der Waals surface area contributed by atoms with Crippen molar-refractivity contribution >= 4 is 27.5 Å². The molecule has 0 aliphatic rings. The van der Waals surface area contributed by atoms with Crippen LogP contribution in [0.2, 0.25) is 0 Å². The van der Waals surface area contributed by atoms with Gasteiger partial charge in [0.1, 0.15) is 5.01 Å². The Morgan fingerprint density at radius 2 is 1.88 bits per heavy atom. The van der Waals surface area contributed by atoms with Gasteiger partial charge in [-0.25, -0.2) is 9.67 Å². The summed E-state index contributed by atoms with van der Waals surface area (Å²) in [6, 6.07) is 17.5. The number of aromatic nitrogens is 4. The van der Waals surface area contributed by atoms with Crippen LogP contribution in [0, 0.1) is 0 Å². The Bertz CT molecular complexity index is 991. The Kier molecular flexibility index (Phi) is 3.99. The molecule has 0 aliphatic heterocycles. The summed E-state index contributed by atoms with van der Waals surface area (Å²) in [6.07, 6.45) is 1.65. The van der Waals surface area contributed by atoms with Gasteiger partial charge in [0, 0.05) is 7.05 Å². The van der Waals surface area contributed by atoms with Gasteiger partial charge in [0.25, 0.3) is 5.91 Å². The van der Waals surface area contributed by atoms with E-state index >= 15 is 0 Å². The number of hydrogen-bond donors (Lipinski definition) is 0. The van der Waals surface area contributed by atoms with Gasteiger partial charge >= 0.3 is 0 Å². The molecule has 2 aromatic heterocycles. The summed E-state index contributed by atoms with van der Waals surface area (Å²) in [4.78, 5) is 18.8. The summed E-state index contributed by atoms with van der Waals surface area (Å²) in [5, 5.41) is 8.94. The number of fused-ring (bicyclic) bond motifs is 1. The van der Waals surface area contributed by atoms with Gasteiger partial charge < -0.3 is 4.90 Å². The lowest BCUT2D eigenvalue weighted by Gasteiger charge is -2.13. The van der Waals surface area contributed by atoms with Gasteiger partial charge in [-0.1, -0.05) is 35.5 Å². The molecular formula is C18H15N5OS. The number of amides is 1. The molecule has 1 amide bonds. The highest BCUT2D eigenvalue weighted by Gasteiger charge is 2.18. The molecule has 0 saturated heterocycles. The van der Waals surface area contributed by atoms with Crippen molar-refractivity contribution in [2.75, 3.05) is 7.05 Å². The number of rotatable bonds is 4. The predicted molar refractivity (Wildman–Crippen MR) is 96.8 cm³/mol. The fourth-order valence-electron chi connectivity index (χ4n) is 2.53. The molecule has 124 valence electrons. The standard InChI is InChI=1S/C18H15N5OS/c1-22(12-17-19-14-9-5-6-10-16(14)25-17)18(24)15-11-23(21-20-15)13-7-3-2-4-8-13/h2-11H,12H2,1H3. The van der Waals surface area contributed by atoms with Crippen molar-refractivity contribution in [1.82, 2.24) is 24.9 Å². The average Bonchev–Trinajstić information content (AvgIpc) is 3.28. The minimum atomic E-state index is -0.179. The van der Waals surface area contributed by atoms with E-state index in [1.54, 1.807) is 34.2 Å². The molecule has 0 radical (unpaired) electrons. The molecule has 0 bridgehead atoms. The molecule has 0 spiro atoms. The molecule has 0 fully saturated rings. The lowest BCUT2D eigenvalue weighted by Crippen LogP contribution is -2.26. The van der Waals surface area contributed by atoms with Crippen LogP contribution in [0.15, 0.2) is 60.8 Å². The zero-order valence-electron chi connectivity index (χ0n) is 13.5. The minimum absolute atomic E-state index is 0.179. The highest BCUT2D eigenvalue weighted by molar-refractivity contribution is 7.18. The number of thiazole rings is 1. The zero-order chi connectivity index (χ0) is 17.2. The summed E-state index contributed by atoms with van der Waals surface area (Å²) in [7, 11) is 1.75. The summed E-state index contributed by atoms with van der Waals surface area (Å²) in [5.74, 6) is -0.179. The summed E-state index contributed by atoms with van der Waals surface area (Å²) in [6.45, 7) is 0.441. The van der Waals surface area contributed by atoms with Crippen molar-refractivity contribution in [2.45, 2.75) is 6.54 Å². The van der Waals surface area contributed by atoms with E-state index in [1.807, 2.05) is 54.6 Å². The third kappa shape index (κ3) is 3.14. The van der Waals surface area contributed by atoms with Gasteiger partial charge in [0.05, 0.1) is 28.6 Å². The van der Waals surface area contributed by atoms with Gasteiger partial charge in [0.2, 0.25) is 0 Å². The highest BCUT2D eigenvalue weighted by Crippen LogP contribution is 2.22. The largest absolute Gasteiger partial charge is 0.333 e. The first-order chi connectivity index (χ1) is 12.2. The van der Waals surface area contributed by atoms with Gasteiger partial charge in [-0.05, 0) is 24.3 Å². The molecule has 0 saturated carbocycles. The Morgan fingerprint density at radius 1 is 1.12 bits per heavy atom. The second-order valence-electron chi connectivity index (χ2n) is 5.62. The third-order valence-electron chi connectivity index (χ3n) is 3.79. The van der Waals surface area contributed by atoms with Crippen LogP contribution < -0.4 is 0 Å². The number of para-hydroxylation sites is 2. The van der Waals surface area contributed by atoms with Crippen molar-refractivity contribution in [3.63, 3.8) is 0 Å². The summed E-state index contributed by atoms with van der Waals surface area (Å²) >= 11 is 1.59. The van der Waals surface area contributed by atoms with Gasteiger partial charge in [-0.2, -0.15) is 0 Å². The van der Waals surface area contributed by atoms with Crippen molar-refractivity contribution in [3.8, 4) is 5.69 Å². The topological polar surface area (TPSA) is 63.9 Å². The Labute approximate surface area is 148 Å². The van der Waals surface area contributed by atoms with Gasteiger partial charge in [-0.3, -0.25) is 4.79 Å². The molecule has 2 aromatic carbocycles. The molecule has 2 heterocycles. The van der Waals surface area contributed by atoms with E-state index in [1.165, 1.54) is 0 Å². The van der Waals surface area contributed by atoms with Crippen LogP contribution in [0.4, 0.5) is 0 Å². The first kappa shape index (κ1) is 15.5. The summed E-state index contributed by atoms with van der Waals surface area (Å²) in [5.41, 5.74) is 2.13. The molecule has 7 heteroatoms. The second kappa shape index (κ2) is 6.45. The average molecular weight is 349 g/mol. The SMILES string of the molecule is CN(Cc1nc2ccccc2s1)C(=O)c1cn(-c2ccccc2)nn1. The molecule has 0 atom stereocenters. The molecule has 4 rings (SSSR count). The maximum Gasteiger partial charge on any atom is 0.276 e. The van der Waals surface area contributed by atoms with Crippen molar-refractivity contribution in [1.29, 1.82) is 0 Å². The lowest BCUT2D eigenvalue weighted by atomic mass is 10.3. The monoisotopic (exact) mass is 349 g/mol. The number of benzene rings is 2. The minimum Gasteiger partial charge on any atom is -0.333 e. The van der Waals surface area contributed by atoms with Crippen LogP contribution in [-0.2, 0) is 6.54 Å². The van der Waals surface area contributed by atoms with E-state index in [-0.39, 0.29) is 5.91 Å². The molecule has 0 unspecified atom stereocenters. The van der Waals surface area contributed by atoms with Crippen molar-refractivity contribution < 1.29 is 4.79 Å². The van der Waals surface area contributed by atoms with E-state index in [0.29, 0.717) is 12.2 Å². The predicted octanol–water partition coefficient (Wildman–Crippen LogP) is 3.15. The van der Waals surface area contributed by atoms with E-state index in [0.717, 1.165) is 20.9 Å². The molecule has 0 N–H and O–H groups in total. The first-order valence-electron chi connectivity index (χ1n) is 7.78. The fraction of sp³-hybridized carbons (Fsp3) is 0.111.